The molecule has 0 aromatic heterocycles. The van der Waals surface area contributed by atoms with E-state index < -0.39 is 35.1 Å². The van der Waals surface area contributed by atoms with E-state index in [0.29, 0.717) is 25.0 Å². The number of benzene rings is 2. The number of rotatable bonds is 4. The van der Waals surface area contributed by atoms with Crippen molar-refractivity contribution in [2.75, 3.05) is 0 Å². The van der Waals surface area contributed by atoms with Crippen molar-refractivity contribution in [3.63, 3.8) is 0 Å². The molecule has 1 saturated carbocycles. The average Bonchev–Trinajstić information content (AvgIpc) is 2.66. The second kappa shape index (κ2) is 7.99. The van der Waals surface area contributed by atoms with Gasteiger partial charge in [-0.05, 0) is 42.2 Å². The third kappa shape index (κ3) is 4.93. The van der Waals surface area contributed by atoms with Crippen LogP contribution in [0.25, 0.3) is 0 Å². The molecular formula is C21H21F6NO. The highest BCUT2D eigenvalue weighted by Gasteiger charge is 2.40. The number of ether oxygens (including phenoxy) is 1. The zero-order valence-corrected chi connectivity index (χ0v) is 15.5. The van der Waals surface area contributed by atoms with E-state index in [1.54, 1.807) is 0 Å². The lowest BCUT2D eigenvalue weighted by molar-refractivity contribution is -0.143. The molecule has 0 bridgehead atoms. The molecule has 0 heterocycles. The molecule has 0 aliphatic heterocycles. The molecule has 1 fully saturated rings. The molecular weight excluding hydrogens is 396 g/mol. The molecule has 1 aliphatic rings. The maximum atomic E-state index is 13.0. The van der Waals surface area contributed by atoms with Gasteiger partial charge in [0.15, 0.2) is 0 Å². The molecule has 0 spiro atoms. The van der Waals surface area contributed by atoms with E-state index >= 15 is 0 Å². The first-order valence-electron chi connectivity index (χ1n) is 9.24. The van der Waals surface area contributed by atoms with Crippen LogP contribution < -0.4 is 5.73 Å². The van der Waals surface area contributed by atoms with Crippen molar-refractivity contribution in [2.45, 2.75) is 56.3 Å². The Morgan fingerprint density at radius 2 is 1.48 bits per heavy atom. The fourth-order valence-corrected chi connectivity index (χ4v) is 3.78. The van der Waals surface area contributed by atoms with Crippen molar-refractivity contribution < 1.29 is 31.1 Å². The molecule has 0 radical (unpaired) electrons. The molecule has 2 nitrogen and oxygen atoms in total. The van der Waals surface area contributed by atoms with Crippen molar-refractivity contribution in [3.8, 4) is 0 Å². The van der Waals surface area contributed by atoms with Crippen LogP contribution in [0.4, 0.5) is 26.3 Å². The smallest absolute Gasteiger partial charge is 0.371 e. The molecule has 29 heavy (non-hydrogen) atoms. The van der Waals surface area contributed by atoms with E-state index in [2.05, 4.69) is 0 Å². The van der Waals surface area contributed by atoms with E-state index in [9.17, 15) is 26.3 Å². The third-order valence-corrected chi connectivity index (χ3v) is 5.29. The summed E-state index contributed by atoms with van der Waals surface area (Å²) in [5.74, 6) is 0. The maximum absolute atomic E-state index is 13.0. The highest BCUT2D eigenvalue weighted by Crippen LogP contribution is 2.39. The number of hydrogen-bond donors (Lipinski definition) is 1. The summed E-state index contributed by atoms with van der Waals surface area (Å²) in [6, 6.07) is 10.7. The van der Waals surface area contributed by atoms with Gasteiger partial charge in [-0.2, -0.15) is 26.3 Å². The Bertz CT molecular complexity index is 801. The van der Waals surface area contributed by atoms with Crippen LogP contribution in [0.5, 0.6) is 0 Å². The van der Waals surface area contributed by atoms with Gasteiger partial charge in [0.2, 0.25) is 0 Å². The first-order chi connectivity index (χ1) is 13.5. The Labute approximate surface area is 164 Å². The third-order valence-electron chi connectivity index (χ3n) is 5.29. The van der Waals surface area contributed by atoms with Crippen LogP contribution in [0.15, 0.2) is 48.5 Å². The molecule has 1 aliphatic carbocycles. The van der Waals surface area contributed by atoms with E-state index in [1.165, 1.54) is 0 Å². The van der Waals surface area contributed by atoms with Gasteiger partial charge < -0.3 is 10.5 Å². The molecule has 8 heteroatoms. The van der Waals surface area contributed by atoms with Crippen molar-refractivity contribution >= 4 is 0 Å². The van der Waals surface area contributed by atoms with E-state index in [-0.39, 0.29) is 18.2 Å². The average molecular weight is 417 g/mol. The fraction of sp³-hybridized carbons (Fsp3) is 0.429. The number of halogens is 6. The van der Waals surface area contributed by atoms with E-state index in [4.69, 9.17) is 10.5 Å². The minimum absolute atomic E-state index is 0.112. The minimum atomic E-state index is -4.89. The summed E-state index contributed by atoms with van der Waals surface area (Å²) in [7, 11) is 0. The van der Waals surface area contributed by atoms with E-state index in [0.717, 1.165) is 18.4 Å². The number of hydrogen-bond acceptors (Lipinski definition) is 2. The Kier molecular flexibility index (Phi) is 5.96. The largest absolute Gasteiger partial charge is 0.416 e. The molecule has 158 valence electrons. The van der Waals surface area contributed by atoms with Crippen molar-refractivity contribution in [2.24, 2.45) is 5.73 Å². The summed E-state index contributed by atoms with van der Waals surface area (Å²) < 4.78 is 84.1. The second-order valence-electron chi connectivity index (χ2n) is 7.37. The summed E-state index contributed by atoms with van der Waals surface area (Å²) in [5, 5.41) is 0. The maximum Gasteiger partial charge on any atom is 0.416 e. The second-order valence-corrected chi connectivity index (χ2v) is 7.37. The van der Waals surface area contributed by atoms with Crippen LogP contribution in [0.2, 0.25) is 0 Å². The summed E-state index contributed by atoms with van der Waals surface area (Å²) in [4.78, 5) is 0. The first kappa shape index (κ1) is 21.6. The standard InChI is InChI=1S/C21H21F6NO/c22-20(23,24)16-10-14(11-17(12-16)21(25,26)27)13-29-18-8-4-5-9-19(18,28)15-6-2-1-3-7-15/h1-3,6-7,10-12,18H,4-5,8-9,13,28H2. The van der Waals surface area contributed by atoms with Crippen LogP contribution in [0.3, 0.4) is 0 Å². The van der Waals surface area contributed by atoms with Crippen molar-refractivity contribution in [1.29, 1.82) is 0 Å². The van der Waals surface area contributed by atoms with Gasteiger partial charge >= 0.3 is 12.4 Å². The SMILES string of the molecule is NC1(c2ccccc2)CCCCC1OCc1cc(C(F)(F)F)cc(C(F)(F)F)c1. The van der Waals surface area contributed by atoms with Crippen molar-refractivity contribution in [3.05, 3.63) is 70.8 Å². The predicted molar refractivity (Wildman–Crippen MR) is 95.8 cm³/mol. The molecule has 2 atom stereocenters. The quantitative estimate of drug-likeness (QED) is 0.616. The zero-order chi connectivity index (χ0) is 21.3. The highest BCUT2D eigenvalue weighted by molar-refractivity contribution is 5.33. The monoisotopic (exact) mass is 417 g/mol. The van der Waals surface area contributed by atoms with Gasteiger partial charge in [0.25, 0.3) is 0 Å². The van der Waals surface area contributed by atoms with Crippen LogP contribution in [0, 0.1) is 0 Å². The molecule has 2 N–H and O–H groups in total. The molecule has 0 saturated heterocycles. The molecule has 0 amide bonds. The van der Waals surface area contributed by atoms with Crippen LogP contribution in [-0.4, -0.2) is 6.10 Å². The molecule has 3 rings (SSSR count). The minimum Gasteiger partial charge on any atom is -0.371 e. The Balaban J connectivity index is 1.86. The number of alkyl halides is 6. The van der Waals surface area contributed by atoms with Crippen molar-refractivity contribution in [1.82, 2.24) is 0 Å². The fourth-order valence-electron chi connectivity index (χ4n) is 3.78. The van der Waals surface area contributed by atoms with Crippen LogP contribution in [0.1, 0.15) is 47.9 Å². The summed E-state index contributed by atoms with van der Waals surface area (Å²) in [6.45, 7) is -0.385. The van der Waals surface area contributed by atoms with Gasteiger partial charge in [-0.3, -0.25) is 0 Å². The lowest BCUT2D eigenvalue weighted by Gasteiger charge is -2.41. The topological polar surface area (TPSA) is 35.2 Å². The Hall–Kier alpha value is -2.06. The Morgan fingerprint density at radius 3 is 2.03 bits per heavy atom. The summed E-state index contributed by atoms with van der Waals surface area (Å²) >= 11 is 0. The van der Waals surface area contributed by atoms with Crippen LogP contribution >= 0.6 is 0 Å². The summed E-state index contributed by atoms with van der Waals surface area (Å²) in [5.41, 5.74) is 3.71. The van der Waals surface area contributed by atoms with Gasteiger partial charge in [-0.1, -0.05) is 43.2 Å². The molecule has 2 aromatic carbocycles. The van der Waals surface area contributed by atoms with E-state index in [1.807, 2.05) is 30.3 Å². The predicted octanol–water partition coefficient (Wildman–Crippen LogP) is 6.04. The highest BCUT2D eigenvalue weighted by atomic mass is 19.4. The lowest BCUT2D eigenvalue weighted by Crippen LogP contribution is -2.51. The molecule has 2 aromatic rings. The Morgan fingerprint density at radius 1 is 0.897 bits per heavy atom. The van der Waals surface area contributed by atoms with Crippen LogP contribution in [-0.2, 0) is 29.2 Å². The van der Waals surface area contributed by atoms with Gasteiger partial charge in [-0.15, -0.1) is 0 Å². The lowest BCUT2D eigenvalue weighted by atomic mass is 9.75. The van der Waals surface area contributed by atoms with Gasteiger partial charge in [-0.25, -0.2) is 0 Å². The number of nitrogens with two attached hydrogens (primary N) is 1. The van der Waals surface area contributed by atoms with Gasteiger partial charge in [0.1, 0.15) is 0 Å². The first-order valence-corrected chi connectivity index (χ1v) is 9.24. The molecule has 2 unspecified atom stereocenters. The van der Waals surface area contributed by atoms with Gasteiger partial charge in [0.05, 0.1) is 29.4 Å². The summed E-state index contributed by atoms with van der Waals surface area (Å²) in [6.07, 6.45) is -7.39. The normalized spacial score (nSPS) is 23.2. The van der Waals surface area contributed by atoms with Gasteiger partial charge in [0, 0.05) is 0 Å². The zero-order valence-electron chi connectivity index (χ0n) is 15.5.